The van der Waals surface area contributed by atoms with Crippen LogP contribution >= 0.6 is 23.2 Å². The van der Waals surface area contributed by atoms with Gasteiger partial charge >= 0.3 is 5.97 Å². The molecule has 0 spiro atoms. The molecule has 1 atom stereocenters. The van der Waals surface area contributed by atoms with E-state index in [4.69, 9.17) is 23.2 Å². The molecule has 0 aliphatic carbocycles. The second-order valence-electron chi connectivity index (χ2n) is 5.14. The van der Waals surface area contributed by atoms with Gasteiger partial charge in [-0.2, -0.15) is 4.72 Å². The summed E-state index contributed by atoms with van der Waals surface area (Å²) in [5.41, 5.74) is 0.317. The Morgan fingerprint density at radius 1 is 1.04 bits per heavy atom. The molecule has 0 bridgehead atoms. The van der Waals surface area contributed by atoms with Gasteiger partial charge in [-0.15, -0.1) is 0 Å². The van der Waals surface area contributed by atoms with Gasteiger partial charge in [0.05, 0.1) is 10.0 Å². The van der Waals surface area contributed by atoms with Crippen LogP contribution in [0.25, 0.3) is 0 Å². The Morgan fingerprint density at radius 3 is 2.31 bits per heavy atom. The Kier molecular flexibility index (Phi) is 6.60. The van der Waals surface area contributed by atoms with Crippen molar-refractivity contribution in [3.8, 4) is 0 Å². The average molecular weight is 417 g/mol. The molecule has 2 aromatic carbocycles. The molecule has 2 rings (SSSR count). The molecule has 2 aromatic rings. The molecule has 7 nitrogen and oxygen atoms in total. The lowest BCUT2D eigenvalue weighted by Crippen LogP contribution is -2.48. The zero-order valence-corrected chi connectivity index (χ0v) is 15.5. The van der Waals surface area contributed by atoms with Crippen molar-refractivity contribution in [2.45, 2.75) is 10.9 Å². The van der Waals surface area contributed by atoms with Gasteiger partial charge in [-0.05, 0) is 24.3 Å². The van der Waals surface area contributed by atoms with Gasteiger partial charge in [-0.3, -0.25) is 9.59 Å². The minimum atomic E-state index is -4.27. The summed E-state index contributed by atoms with van der Waals surface area (Å²) < 4.78 is 26.8. The number of rotatable bonds is 7. The number of sulfonamides is 1. The maximum atomic E-state index is 12.4. The van der Waals surface area contributed by atoms with Crippen LogP contribution < -0.4 is 10.0 Å². The number of halogens is 2. The van der Waals surface area contributed by atoms with E-state index in [2.05, 4.69) is 5.32 Å². The Balaban J connectivity index is 2.14. The van der Waals surface area contributed by atoms with Gasteiger partial charge in [0.15, 0.2) is 0 Å². The van der Waals surface area contributed by atoms with Crippen molar-refractivity contribution >= 4 is 45.1 Å². The van der Waals surface area contributed by atoms with Crippen molar-refractivity contribution in [3.63, 3.8) is 0 Å². The third kappa shape index (κ3) is 4.95. The summed E-state index contributed by atoms with van der Waals surface area (Å²) in [5.74, 6) is -1.99. The molecule has 1 amide bonds. The predicted molar refractivity (Wildman–Crippen MR) is 97.0 cm³/mol. The van der Waals surface area contributed by atoms with Gasteiger partial charge < -0.3 is 10.4 Å². The number of carbonyl (C=O) groups excluding carboxylic acids is 1. The molecule has 0 saturated carbocycles. The lowest BCUT2D eigenvalue weighted by molar-refractivity contribution is -0.138. The Bertz CT molecular complexity index is 919. The fraction of sp³-hybridized carbons (Fsp3) is 0.125. The van der Waals surface area contributed by atoms with E-state index in [1.807, 2.05) is 4.72 Å². The second-order valence-corrected chi connectivity index (χ2v) is 7.61. The summed E-state index contributed by atoms with van der Waals surface area (Å²) >= 11 is 11.7. The summed E-state index contributed by atoms with van der Waals surface area (Å²) in [6.07, 6.45) is 0. The van der Waals surface area contributed by atoms with Crippen LogP contribution in [-0.2, 0) is 14.8 Å². The van der Waals surface area contributed by atoms with E-state index in [0.29, 0.717) is 5.56 Å². The first kappa shape index (κ1) is 20.2. The molecule has 0 fully saturated rings. The SMILES string of the molecule is O=C(NC[C@@H](NS(=O)(=O)c1cccc(Cl)c1Cl)C(=O)O)c1ccccc1. The Hall–Kier alpha value is -2.13. The fourth-order valence-corrected chi connectivity index (χ4v) is 3.96. The lowest BCUT2D eigenvalue weighted by Gasteiger charge is -2.16. The number of nitrogens with one attached hydrogen (secondary N) is 2. The van der Waals surface area contributed by atoms with Crippen LogP contribution in [0.15, 0.2) is 53.4 Å². The highest BCUT2D eigenvalue weighted by molar-refractivity contribution is 7.89. The number of hydrogen-bond acceptors (Lipinski definition) is 4. The van der Waals surface area contributed by atoms with E-state index in [0.717, 1.165) is 0 Å². The molecule has 0 unspecified atom stereocenters. The van der Waals surface area contributed by atoms with Crippen LogP contribution in [0.2, 0.25) is 10.0 Å². The van der Waals surface area contributed by atoms with Gasteiger partial charge in [-0.1, -0.05) is 47.5 Å². The van der Waals surface area contributed by atoms with Gasteiger partial charge in [0.1, 0.15) is 10.9 Å². The maximum Gasteiger partial charge on any atom is 0.323 e. The molecular weight excluding hydrogens is 403 g/mol. The number of amides is 1. The predicted octanol–water partition coefficient (Wildman–Crippen LogP) is 2.15. The van der Waals surface area contributed by atoms with Crippen LogP contribution in [0.1, 0.15) is 10.4 Å². The van der Waals surface area contributed by atoms with Gasteiger partial charge in [0, 0.05) is 12.1 Å². The largest absolute Gasteiger partial charge is 0.480 e. The van der Waals surface area contributed by atoms with Crippen LogP contribution in [0.3, 0.4) is 0 Å². The molecule has 0 aliphatic heterocycles. The molecule has 3 N–H and O–H groups in total. The van der Waals surface area contributed by atoms with Gasteiger partial charge in [0.25, 0.3) is 5.91 Å². The first-order valence-electron chi connectivity index (χ1n) is 7.25. The summed E-state index contributed by atoms with van der Waals surface area (Å²) in [4.78, 5) is 23.0. The quantitative estimate of drug-likeness (QED) is 0.639. The minimum absolute atomic E-state index is 0.0128. The number of carboxylic acid groups (broad SMARTS) is 1. The average Bonchev–Trinajstić information content (AvgIpc) is 2.61. The highest BCUT2D eigenvalue weighted by Crippen LogP contribution is 2.28. The number of carbonyl (C=O) groups is 2. The highest BCUT2D eigenvalue weighted by atomic mass is 35.5. The van der Waals surface area contributed by atoms with E-state index in [1.54, 1.807) is 30.3 Å². The molecule has 0 aromatic heterocycles. The van der Waals surface area contributed by atoms with Crippen molar-refractivity contribution in [2.24, 2.45) is 0 Å². The van der Waals surface area contributed by atoms with Crippen LogP contribution in [0.4, 0.5) is 0 Å². The third-order valence-corrected chi connectivity index (χ3v) is 5.75. The number of aliphatic carboxylic acids is 1. The smallest absolute Gasteiger partial charge is 0.323 e. The lowest BCUT2D eigenvalue weighted by atomic mass is 10.2. The van der Waals surface area contributed by atoms with E-state index >= 15 is 0 Å². The van der Waals surface area contributed by atoms with Crippen molar-refractivity contribution in [3.05, 3.63) is 64.1 Å². The van der Waals surface area contributed by atoms with Crippen molar-refractivity contribution in [1.29, 1.82) is 0 Å². The molecule has 0 heterocycles. The first-order chi connectivity index (χ1) is 12.2. The monoisotopic (exact) mass is 416 g/mol. The molecule has 26 heavy (non-hydrogen) atoms. The first-order valence-corrected chi connectivity index (χ1v) is 9.48. The van der Waals surface area contributed by atoms with Gasteiger partial charge in [-0.25, -0.2) is 8.42 Å². The molecule has 0 saturated heterocycles. The molecule has 138 valence electrons. The molecule has 10 heteroatoms. The summed E-state index contributed by atoms with van der Waals surface area (Å²) in [6.45, 7) is -0.458. The molecule has 0 radical (unpaired) electrons. The van der Waals surface area contributed by atoms with E-state index < -0.39 is 34.5 Å². The van der Waals surface area contributed by atoms with Gasteiger partial charge in [0.2, 0.25) is 10.0 Å². The standard InChI is InChI=1S/C16H14Cl2N2O5S/c17-11-7-4-8-13(14(11)18)26(24,25)20-12(16(22)23)9-19-15(21)10-5-2-1-3-6-10/h1-8,12,20H,9H2,(H,19,21)(H,22,23)/t12-/m1/s1. The summed E-state index contributed by atoms with van der Waals surface area (Å²) in [5, 5.41) is 11.4. The molecule has 0 aliphatic rings. The van der Waals surface area contributed by atoms with Crippen LogP contribution in [-0.4, -0.2) is 38.0 Å². The van der Waals surface area contributed by atoms with Crippen molar-refractivity contribution in [2.75, 3.05) is 6.54 Å². The summed E-state index contributed by atoms with van der Waals surface area (Å²) in [7, 11) is -4.27. The second kappa shape index (κ2) is 8.50. The van der Waals surface area contributed by atoms with Crippen LogP contribution in [0.5, 0.6) is 0 Å². The maximum absolute atomic E-state index is 12.4. The molecular formula is C16H14Cl2N2O5S. The summed E-state index contributed by atoms with van der Waals surface area (Å²) in [6, 6.07) is 10.5. The van der Waals surface area contributed by atoms with Crippen LogP contribution in [0, 0.1) is 0 Å². The normalized spacial score (nSPS) is 12.4. The topological polar surface area (TPSA) is 113 Å². The van der Waals surface area contributed by atoms with E-state index in [1.165, 1.54) is 18.2 Å². The zero-order chi connectivity index (χ0) is 19.3. The van der Waals surface area contributed by atoms with E-state index in [-0.39, 0.29) is 14.9 Å². The number of carboxylic acids is 1. The van der Waals surface area contributed by atoms with Crippen molar-refractivity contribution < 1.29 is 23.1 Å². The van der Waals surface area contributed by atoms with E-state index in [9.17, 15) is 23.1 Å². The highest BCUT2D eigenvalue weighted by Gasteiger charge is 2.28. The Labute approximate surface area is 160 Å². The zero-order valence-electron chi connectivity index (χ0n) is 13.1. The Morgan fingerprint density at radius 2 is 1.69 bits per heavy atom. The number of hydrogen-bond donors (Lipinski definition) is 3. The third-order valence-electron chi connectivity index (χ3n) is 3.30. The van der Waals surface area contributed by atoms with Crippen molar-refractivity contribution in [1.82, 2.24) is 10.0 Å². The minimum Gasteiger partial charge on any atom is -0.480 e. The number of benzene rings is 2. The fourth-order valence-electron chi connectivity index (χ4n) is 2.01.